The summed E-state index contributed by atoms with van der Waals surface area (Å²) >= 11 is 5.91. The molecule has 0 spiro atoms. The molecule has 3 aromatic carbocycles. The van der Waals surface area contributed by atoms with Crippen LogP contribution in [0.4, 0.5) is 0 Å². The molecular weight excluding hydrogens is 358 g/mol. The largest absolute Gasteiger partial charge is 0.456 e. The van der Waals surface area contributed by atoms with Gasteiger partial charge < -0.3 is 4.74 Å². The first-order valence-corrected chi connectivity index (χ1v) is 9.14. The summed E-state index contributed by atoms with van der Waals surface area (Å²) in [6, 6.07) is 21.0. The molecule has 25 heavy (non-hydrogen) atoms. The van der Waals surface area contributed by atoms with Gasteiger partial charge in [0, 0.05) is 5.02 Å². The van der Waals surface area contributed by atoms with Crippen LogP contribution < -0.4 is 4.74 Å². The molecule has 0 saturated heterocycles. The minimum Gasteiger partial charge on any atom is -0.456 e. The summed E-state index contributed by atoms with van der Waals surface area (Å²) in [6.07, 6.45) is 0. The monoisotopic (exact) mass is 369 g/mol. The molecule has 0 aliphatic heterocycles. The summed E-state index contributed by atoms with van der Waals surface area (Å²) in [5.74, 6) is 0.722. The molecule has 0 heterocycles. The Morgan fingerprint density at radius 3 is 2.32 bits per heavy atom. The first-order valence-electron chi connectivity index (χ1n) is 7.28. The van der Waals surface area contributed by atoms with Gasteiger partial charge in [0.1, 0.15) is 17.6 Å². The van der Waals surface area contributed by atoms with Crippen molar-refractivity contribution in [1.29, 1.82) is 5.26 Å². The van der Waals surface area contributed by atoms with Gasteiger partial charge in [0.25, 0.3) is 0 Å². The highest BCUT2D eigenvalue weighted by Crippen LogP contribution is 2.30. The van der Waals surface area contributed by atoms with Crippen LogP contribution in [0.5, 0.6) is 11.5 Å². The molecule has 0 atom stereocenters. The minimum atomic E-state index is -3.70. The number of halogens is 1. The third kappa shape index (κ3) is 3.66. The first kappa shape index (κ1) is 17.0. The van der Waals surface area contributed by atoms with Crippen LogP contribution in [0.1, 0.15) is 5.56 Å². The van der Waals surface area contributed by atoms with E-state index < -0.39 is 9.84 Å². The Hall–Kier alpha value is -2.81. The van der Waals surface area contributed by atoms with E-state index in [1.807, 2.05) is 6.07 Å². The van der Waals surface area contributed by atoms with Gasteiger partial charge in [-0.3, -0.25) is 0 Å². The van der Waals surface area contributed by atoms with Gasteiger partial charge in [-0.25, -0.2) is 8.42 Å². The molecule has 124 valence electrons. The standard InChI is InChI=1S/C19H12ClNO3S/c20-15-5-4-6-16(12-15)24-19-10-9-18(11-14(19)13-21)25(22,23)17-7-2-1-3-8-17/h1-12H. The number of rotatable bonds is 4. The maximum Gasteiger partial charge on any atom is 0.206 e. The van der Waals surface area contributed by atoms with Crippen LogP contribution in [0.25, 0.3) is 0 Å². The summed E-state index contributed by atoms with van der Waals surface area (Å²) in [4.78, 5) is 0.205. The summed E-state index contributed by atoms with van der Waals surface area (Å²) in [6.45, 7) is 0. The number of hydrogen-bond donors (Lipinski definition) is 0. The van der Waals surface area contributed by atoms with E-state index in [-0.39, 0.29) is 21.1 Å². The zero-order valence-corrected chi connectivity index (χ0v) is 14.5. The number of nitrogens with zero attached hydrogens (tertiary/aromatic N) is 1. The molecule has 4 nitrogen and oxygen atoms in total. The zero-order chi connectivity index (χ0) is 17.9. The average molecular weight is 370 g/mol. The Morgan fingerprint density at radius 1 is 0.880 bits per heavy atom. The number of benzene rings is 3. The highest BCUT2D eigenvalue weighted by molar-refractivity contribution is 7.91. The van der Waals surface area contributed by atoms with Gasteiger partial charge in [-0.05, 0) is 48.5 Å². The van der Waals surface area contributed by atoms with E-state index in [2.05, 4.69) is 0 Å². The van der Waals surface area contributed by atoms with E-state index in [0.717, 1.165) is 0 Å². The molecule has 0 saturated carbocycles. The second-order valence-corrected chi connectivity index (χ2v) is 7.53. The van der Waals surface area contributed by atoms with E-state index in [1.54, 1.807) is 42.5 Å². The van der Waals surface area contributed by atoms with Gasteiger partial charge in [-0.2, -0.15) is 5.26 Å². The van der Waals surface area contributed by atoms with Crippen LogP contribution >= 0.6 is 11.6 Å². The van der Waals surface area contributed by atoms with Gasteiger partial charge in [-0.1, -0.05) is 35.9 Å². The van der Waals surface area contributed by atoms with Crippen LogP contribution in [0.15, 0.2) is 82.6 Å². The molecule has 0 aliphatic carbocycles. The van der Waals surface area contributed by atoms with E-state index >= 15 is 0 Å². The lowest BCUT2D eigenvalue weighted by Gasteiger charge is -2.10. The highest BCUT2D eigenvalue weighted by Gasteiger charge is 2.19. The third-order valence-electron chi connectivity index (χ3n) is 3.46. The SMILES string of the molecule is N#Cc1cc(S(=O)(=O)c2ccccc2)ccc1Oc1cccc(Cl)c1. The molecule has 0 N–H and O–H groups in total. The van der Waals surface area contributed by atoms with Crippen LogP contribution in [0, 0.1) is 11.3 Å². The van der Waals surface area contributed by atoms with Crippen molar-refractivity contribution >= 4 is 21.4 Å². The van der Waals surface area contributed by atoms with Crippen LogP contribution in [-0.4, -0.2) is 8.42 Å². The quantitative estimate of drug-likeness (QED) is 0.660. The van der Waals surface area contributed by atoms with Crippen molar-refractivity contribution in [2.75, 3.05) is 0 Å². The van der Waals surface area contributed by atoms with Crippen molar-refractivity contribution in [2.45, 2.75) is 9.79 Å². The smallest absolute Gasteiger partial charge is 0.206 e. The summed E-state index contributed by atoms with van der Waals surface area (Å²) in [5.41, 5.74) is 0.122. The molecule has 3 aromatic rings. The highest BCUT2D eigenvalue weighted by atomic mass is 35.5. The molecule has 3 rings (SSSR count). The fraction of sp³-hybridized carbons (Fsp3) is 0. The second-order valence-electron chi connectivity index (χ2n) is 5.15. The van der Waals surface area contributed by atoms with Gasteiger partial charge in [0.15, 0.2) is 0 Å². The number of nitriles is 1. The molecule has 0 aromatic heterocycles. The fourth-order valence-corrected chi connectivity index (χ4v) is 3.73. The maximum absolute atomic E-state index is 12.6. The molecule has 0 amide bonds. The third-order valence-corrected chi connectivity index (χ3v) is 5.46. The topological polar surface area (TPSA) is 67.2 Å². The van der Waals surface area contributed by atoms with Crippen molar-refractivity contribution in [3.05, 3.63) is 83.4 Å². The van der Waals surface area contributed by atoms with Crippen molar-refractivity contribution < 1.29 is 13.2 Å². The van der Waals surface area contributed by atoms with Crippen LogP contribution in [0.3, 0.4) is 0 Å². The Morgan fingerprint density at radius 2 is 1.64 bits per heavy atom. The number of hydrogen-bond acceptors (Lipinski definition) is 4. The van der Waals surface area contributed by atoms with Gasteiger partial charge in [-0.15, -0.1) is 0 Å². The Kier molecular flexibility index (Phi) is 4.75. The predicted octanol–water partition coefficient (Wildman–Crippen LogP) is 4.84. The molecule has 0 radical (unpaired) electrons. The molecule has 0 aliphatic rings. The van der Waals surface area contributed by atoms with E-state index in [9.17, 15) is 13.7 Å². The summed E-state index contributed by atoms with van der Waals surface area (Å²) in [7, 11) is -3.70. The van der Waals surface area contributed by atoms with Crippen LogP contribution in [-0.2, 0) is 9.84 Å². The van der Waals surface area contributed by atoms with Crippen LogP contribution in [0.2, 0.25) is 5.02 Å². The minimum absolute atomic E-state index is 0.0358. The second kappa shape index (κ2) is 6.98. The van der Waals surface area contributed by atoms with Gasteiger partial charge in [0.2, 0.25) is 9.84 Å². The van der Waals surface area contributed by atoms with Crippen molar-refractivity contribution in [3.8, 4) is 17.6 Å². The average Bonchev–Trinajstić information content (AvgIpc) is 2.62. The Labute approximate surface area is 150 Å². The molecule has 0 unspecified atom stereocenters. The Balaban J connectivity index is 1.99. The fourth-order valence-electron chi connectivity index (χ4n) is 2.25. The number of ether oxygens (including phenoxy) is 1. The zero-order valence-electron chi connectivity index (χ0n) is 12.9. The number of sulfone groups is 1. The maximum atomic E-state index is 12.6. The predicted molar refractivity (Wildman–Crippen MR) is 94.6 cm³/mol. The van der Waals surface area contributed by atoms with Gasteiger partial charge in [0.05, 0.1) is 15.4 Å². The lowest BCUT2D eigenvalue weighted by molar-refractivity contribution is 0.480. The molecule has 6 heteroatoms. The Bertz CT molecular complexity index is 1060. The summed E-state index contributed by atoms with van der Waals surface area (Å²) < 4.78 is 30.9. The van der Waals surface area contributed by atoms with E-state index in [1.165, 1.54) is 30.3 Å². The lowest BCUT2D eigenvalue weighted by atomic mass is 10.2. The first-order chi connectivity index (χ1) is 12.0. The van der Waals surface area contributed by atoms with E-state index in [0.29, 0.717) is 10.8 Å². The summed E-state index contributed by atoms with van der Waals surface area (Å²) in [5, 5.41) is 9.86. The molecule has 0 fully saturated rings. The van der Waals surface area contributed by atoms with Crippen molar-refractivity contribution in [1.82, 2.24) is 0 Å². The molecule has 0 bridgehead atoms. The lowest BCUT2D eigenvalue weighted by Crippen LogP contribution is -2.02. The van der Waals surface area contributed by atoms with Crippen molar-refractivity contribution in [3.63, 3.8) is 0 Å². The van der Waals surface area contributed by atoms with E-state index in [4.69, 9.17) is 16.3 Å². The van der Waals surface area contributed by atoms with Gasteiger partial charge >= 0.3 is 0 Å². The molecular formula is C19H12ClNO3S. The van der Waals surface area contributed by atoms with Crippen molar-refractivity contribution in [2.24, 2.45) is 0 Å². The normalized spacial score (nSPS) is 10.9.